The number of azo groups is 1. The molecule has 33 heavy (non-hydrogen) atoms. The van der Waals surface area contributed by atoms with Crippen molar-refractivity contribution in [3.05, 3.63) is 42.5 Å². The molecule has 0 atom stereocenters. The van der Waals surface area contributed by atoms with Gasteiger partial charge in [-0.05, 0) is 35.7 Å². The summed E-state index contributed by atoms with van der Waals surface area (Å²) in [6, 6.07) is 8.58. The fraction of sp³-hybridized carbons (Fsp3) is 0.0588. The van der Waals surface area contributed by atoms with Crippen molar-refractivity contribution < 1.29 is 45.7 Å². The number of phenols is 1. The maximum absolute atomic E-state index is 11.6. The van der Waals surface area contributed by atoms with Gasteiger partial charge in [-0.15, -0.1) is 14.6 Å². The number of aromatic hydroxyl groups is 1. The second-order valence-electron chi connectivity index (χ2n) is 6.23. The summed E-state index contributed by atoms with van der Waals surface area (Å²) in [5, 5.41) is 33.5. The zero-order valence-electron chi connectivity index (χ0n) is 16.4. The normalized spacial score (nSPS) is 12.5. The smallest absolute Gasteiger partial charge is 0.296 e. The average molecular weight is 518 g/mol. The van der Waals surface area contributed by atoms with Crippen LogP contribution in [-0.2, 0) is 29.6 Å². The molecular formula is C17H15N3O10S3. The summed E-state index contributed by atoms with van der Waals surface area (Å²) in [5.41, 5.74) is -0.417. The highest BCUT2D eigenvalue weighted by atomic mass is 32.2. The van der Waals surface area contributed by atoms with Gasteiger partial charge in [0.2, 0.25) is 0 Å². The summed E-state index contributed by atoms with van der Waals surface area (Å²) < 4.78 is 69.5. The van der Waals surface area contributed by atoms with Crippen LogP contribution in [-0.4, -0.2) is 43.4 Å². The molecule has 0 fully saturated rings. The number of hydrogen-bond donors (Lipinski definition) is 5. The molecule has 0 saturated carbocycles. The number of benzene rings is 3. The molecule has 5 N–H and O–H groups in total. The van der Waals surface area contributed by atoms with Crippen molar-refractivity contribution in [1.82, 2.24) is 0 Å². The van der Waals surface area contributed by atoms with Crippen LogP contribution in [0.1, 0.15) is 0 Å². The van der Waals surface area contributed by atoms with Crippen LogP contribution in [0.2, 0.25) is 0 Å². The number of anilines is 1. The fourth-order valence-corrected chi connectivity index (χ4v) is 4.54. The number of hydrogen-bond acceptors (Lipinski definition) is 12. The second-order valence-corrected chi connectivity index (χ2v) is 9.79. The number of phenolic OH excluding ortho intramolecular Hbond substituents is 1. The van der Waals surface area contributed by atoms with Crippen molar-refractivity contribution in [2.45, 2.75) is 14.7 Å². The maximum atomic E-state index is 11.6. The van der Waals surface area contributed by atoms with E-state index >= 15 is 0 Å². The molecule has 0 spiro atoms. The lowest BCUT2D eigenvalue weighted by molar-refractivity contribution is -0.432. The minimum atomic E-state index is -4.63. The molecule has 0 saturated heterocycles. The molecule has 0 aliphatic rings. The van der Waals surface area contributed by atoms with Gasteiger partial charge in [0, 0.05) is 18.1 Å². The van der Waals surface area contributed by atoms with E-state index in [-0.39, 0.29) is 32.7 Å². The van der Waals surface area contributed by atoms with Crippen LogP contribution in [0, 0.1) is 0 Å². The number of nitrogens with zero attached hydrogens (tertiary/aromatic N) is 2. The Bertz CT molecular complexity index is 1460. The largest absolute Gasteiger partial charge is 0.505 e. The van der Waals surface area contributed by atoms with Crippen LogP contribution in [0.5, 0.6) is 5.75 Å². The third-order valence-electron chi connectivity index (χ3n) is 4.25. The SMILES string of the molecule is CNc1cc(S(=O)(=O)O)cc2cc(SOOO)c(N=Nc3ccccc3S(=O)(=O)O)c(O)c12. The number of nitrogens with one attached hydrogen (secondary N) is 1. The van der Waals surface area contributed by atoms with Crippen LogP contribution >= 0.6 is 12.0 Å². The highest BCUT2D eigenvalue weighted by Gasteiger charge is 2.21. The highest BCUT2D eigenvalue weighted by molar-refractivity contribution is 7.94. The van der Waals surface area contributed by atoms with Gasteiger partial charge in [0.25, 0.3) is 20.2 Å². The zero-order chi connectivity index (χ0) is 24.4. The van der Waals surface area contributed by atoms with Gasteiger partial charge in [0.15, 0.2) is 5.75 Å². The summed E-state index contributed by atoms with van der Waals surface area (Å²) in [6.07, 6.45) is 0. The summed E-state index contributed by atoms with van der Waals surface area (Å²) in [6.45, 7) is 0. The molecular weight excluding hydrogens is 502 g/mol. The van der Waals surface area contributed by atoms with E-state index in [1.165, 1.54) is 31.3 Å². The van der Waals surface area contributed by atoms with E-state index in [4.69, 9.17) is 5.26 Å². The molecule has 0 heterocycles. The Hall–Kier alpha value is -2.83. The molecule has 0 unspecified atom stereocenters. The summed E-state index contributed by atoms with van der Waals surface area (Å²) in [5.74, 6) is -0.532. The quantitative estimate of drug-likeness (QED) is 0.0947. The van der Waals surface area contributed by atoms with Crippen molar-refractivity contribution in [3.63, 3.8) is 0 Å². The van der Waals surface area contributed by atoms with E-state index in [0.29, 0.717) is 12.0 Å². The Morgan fingerprint density at radius 2 is 1.70 bits per heavy atom. The van der Waals surface area contributed by atoms with E-state index in [1.54, 1.807) is 0 Å². The molecule has 3 rings (SSSR count). The summed E-state index contributed by atoms with van der Waals surface area (Å²) in [4.78, 5) is -1.05. The Balaban J connectivity index is 2.29. The molecule has 0 amide bonds. The third-order valence-corrected chi connectivity index (χ3v) is 6.60. The first-order valence-corrected chi connectivity index (χ1v) is 12.2. The highest BCUT2D eigenvalue weighted by Crippen LogP contribution is 2.47. The molecule has 0 radical (unpaired) electrons. The second kappa shape index (κ2) is 9.57. The number of fused-ring (bicyclic) bond motifs is 1. The van der Waals surface area contributed by atoms with Crippen LogP contribution in [0.4, 0.5) is 17.1 Å². The van der Waals surface area contributed by atoms with Crippen molar-refractivity contribution in [1.29, 1.82) is 0 Å². The van der Waals surface area contributed by atoms with Crippen molar-refractivity contribution >= 4 is 60.1 Å². The van der Waals surface area contributed by atoms with E-state index in [9.17, 15) is 31.0 Å². The van der Waals surface area contributed by atoms with Gasteiger partial charge in [0.05, 0.1) is 21.8 Å². The molecule has 16 heteroatoms. The Morgan fingerprint density at radius 3 is 2.30 bits per heavy atom. The Kier molecular flexibility index (Phi) is 7.20. The topological polar surface area (TPSA) is 204 Å². The summed E-state index contributed by atoms with van der Waals surface area (Å²) in [7, 11) is -7.78. The number of rotatable bonds is 8. The average Bonchev–Trinajstić information content (AvgIpc) is 2.75. The predicted octanol–water partition coefficient (Wildman–Crippen LogP) is 3.92. The summed E-state index contributed by atoms with van der Waals surface area (Å²) >= 11 is 0.362. The molecule has 3 aromatic rings. The van der Waals surface area contributed by atoms with Crippen LogP contribution in [0.3, 0.4) is 0 Å². The minimum absolute atomic E-state index is 0.0447. The van der Waals surface area contributed by atoms with Crippen LogP contribution < -0.4 is 5.32 Å². The van der Waals surface area contributed by atoms with E-state index in [2.05, 4.69) is 24.9 Å². The van der Waals surface area contributed by atoms with E-state index in [0.717, 1.165) is 18.2 Å². The molecule has 0 bridgehead atoms. The van der Waals surface area contributed by atoms with Gasteiger partial charge in [-0.1, -0.05) is 17.2 Å². The van der Waals surface area contributed by atoms with Crippen LogP contribution in [0.15, 0.2) is 67.4 Å². The lowest BCUT2D eigenvalue weighted by atomic mass is 10.1. The first kappa shape index (κ1) is 24.8. The van der Waals surface area contributed by atoms with Crippen molar-refractivity contribution in [3.8, 4) is 5.75 Å². The van der Waals surface area contributed by atoms with Gasteiger partial charge in [-0.3, -0.25) is 9.11 Å². The zero-order valence-corrected chi connectivity index (χ0v) is 18.8. The van der Waals surface area contributed by atoms with Gasteiger partial charge < -0.3 is 10.4 Å². The molecule has 13 nitrogen and oxygen atoms in total. The van der Waals surface area contributed by atoms with E-state index < -0.39 is 35.8 Å². The van der Waals surface area contributed by atoms with Crippen LogP contribution in [0.25, 0.3) is 10.8 Å². The molecule has 0 aliphatic carbocycles. The van der Waals surface area contributed by atoms with Gasteiger partial charge >= 0.3 is 0 Å². The third kappa shape index (κ3) is 5.40. The first-order valence-electron chi connectivity index (χ1n) is 8.59. The van der Waals surface area contributed by atoms with Crippen molar-refractivity contribution in [2.75, 3.05) is 12.4 Å². The molecule has 3 aromatic carbocycles. The molecule has 0 aromatic heterocycles. The standard InChI is InChI=1S/C17H15N3O10S3/c1-18-12-8-10(32(23,24)25)6-9-7-13(31-30-29-22)16(17(21)15(9)12)20-19-11-4-2-3-5-14(11)33(26,27)28/h2-8,18,21-22H,1H3,(H,23,24,25)(H,26,27,28). The minimum Gasteiger partial charge on any atom is -0.505 e. The Labute approximate surface area is 191 Å². The Morgan fingerprint density at radius 1 is 1.00 bits per heavy atom. The fourth-order valence-electron chi connectivity index (χ4n) is 2.88. The lowest BCUT2D eigenvalue weighted by Crippen LogP contribution is -2.00. The molecule has 0 aliphatic heterocycles. The van der Waals surface area contributed by atoms with Gasteiger partial charge in [-0.2, -0.15) is 16.8 Å². The predicted molar refractivity (Wildman–Crippen MR) is 116 cm³/mol. The van der Waals surface area contributed by atoms with E-state index in [1.807, 2.05) is 0 Å². The van der Waals surface area contributed by atoms with Gasteiger partial charge in [-0.25, -0.2) is 5.26 Å². The van der Waals surface area contributed by atoms with Gasteiger partial charge in [0.1, 0.15) is 16.3 Å². The first-order chi connectivity index (χ1) is 15.5. The monoisotopic (exact) mass is 517 g/mol. The maximum Gasteiger partial charge on any atom is 0.296 e. The lowest BCUT2D eigenvalue weighted by Gasteiger charge is -2.14. The molecule has 176 valence electrons. The van der Waals surface area contributed by atoms with Crippen molar-refractivity contribution in [2.24, 2.45) is 10.2 Å².